The maximum absolute atomic E-state index is 13.7. The van der Waals surface area contributed by atoms with Crippen molar-refractivity contribution in [1.82, 2.24) is 4.90 Å². The molecule has 1 aromatic carbocycles. The molecule has 4 nitrogen and oxygen atoms in total. The minimum atomic E-state index is -1.22. The Morgan fingerprint density at radius 1 is 1.33 bits per heavy atom. The molecule has 2 bridgehead atoms. The molecule has 0 amide bonds. The Labute approximate surface area is 124 Å². The SMILES string of the molecule is CN1C2CCCC1CC(Nc1cccc(F)c1C(=O)O)C2. The zero-order valence-electron chi connectivity index (χ0n) is 12.2. The number of hydrogen-bond donors (Lipinski definition) is 2. The molecule has 2 atom stereocenters. The van der Waals surface area contributed by atoms with Gasteiger partial charge in [-0.2, -0.15) is 0 Å². The van der Waals surface area contributed by atoms with Crippen molar-refractivity contribution >= 4 is 11.7 Å². The predicted molar refractivity (Wildman–Crippen MR) is 79.2 cm³/mol. The van der Waals surface area contributed by atoms with E-state index in [2.05, 4.69) is 17.3 Å². The Kier molecular flexibility index (Phi) is 3.85. The standard InChI is InChI=1S/C16H21FN2O2/c1-19-11-4-2-5-12(19)9-10(8-11)18-14-7-3-6-13(17)15(14)16(20)21/h3,6-7,10-12,18H,2,4-5,8-9H2,1H3,(H,20,21). The highest BCUT2D eigenvalue weighted by Gasteiger charge is 2.36. The molecular formula is C16H21FN2O2. The smallest absolute Gasteiger partial charge is 0.340 e. The van der Waals surface area contributed by atoms with E-state index >= 15 is 0 Å². The van der Waals surface area contributed by atoms with Crippen LogP contribution in [0.4, 0.5) is 10.1 Å². The summed E-state index contributed by atoms with van der Waals surface area (Å²) in [7, 11) is 2.18. The number of nitrogens with zero attached hydrogens (tertiary/aromatic N) is 1. The summed E-state index contributed by atoms with van der Waals surface area (Å²) in [6, 6.07) is 5.73. The number of carboxylic acids is 1. The molecule has 2 N–H and O–H groups in total. The average molecular weight is 292 g/mol. The minimum Gasteiger partial charge on any atom is -0.478 e. The third kappa shape index (κ3) is 2.75. The van der Waals surface area contributed by atoms with Crippen LogP contribution in [-0.2, 0) is 0 Å². The summed E-state index contributed by atoms with van der Waals surface area (Å²) < 4.78 is 13.7. The van der Waals surface area contributed by atoms with Crippen molar-refractivity contribution in [1.29, 1.82) is 0 Å². The first kappa shape index (κ1) is 14.3. The molecule has 0 saturated carbocycles. The van der Waals surface area contributed by atoms with E-state index in [1.54, 1.807) is 12.1 Å². The zero-order valence-corrected chi connectivity index (χ0v) is 12.2. The van der Waals surface area contributed by atoms with Crippen LogP contribution < -0.4 is 5.32 Å². The van der Waals surface area contributed by atoms with Gasteiger partial charge in [-0.1, -0.05) is 12.5 Å². The van der Waals surface area contributed by atoms with Gasteiger partial charge in [-0.3, -0.25) is 0 Å². The molecule has 0 radical (unpaired) electrons. The van der Waals surface area contributed by atoms with E-state index in [1.807, 2.05) is 0 Å². The second-order valence-corrected chi connectivity index (χ2v) is 6.18. The topological polar surface area (TPSA) is 52.6 Å². The number of fused-ring (bicyclic) bond motifs is 2. The van der Waals surface area contributed by atoms with Gasteiger partial charge in [0.25, 0.3) is 0 Å². The Hall–Kier alpha value is -1.62. The Balaban J connectivity index is 1.79. The van der Waals surface area contributed by atoms with Crippen LogP contribution in [0.1, 0.15) is 42.5 Å². The number of rotatable bonds is 3. The Morgan fingerprint density at radius 2 is 2.00 bits per heavy atom. The highest BCUT2D eigenvalue weighted by Crippen LogP contribution is 2.34. The van der Waals surface area contributed by atoms with E-state index in [0.29, 0.717) is 17.8 Å². The fourth-order valence-corrected chi connectivity index (χ4v) is 3.82. The lowest BCUT2D eigenvalue weighted by molar-refractivity contribution is 0.0607. The van der Waals surface area contributed by atoms with Gasteiger partial charge in [-0.15, -0.1) is 0 Å². The van der Waals surface area contributed by atoms with Crippen molar-refractivity contribution in [3.63, 3.8) is 0 Å². The van der Waals surface area contributed by atoms with Crippen LogP contribution >= 0.6 is 0 Å². The number of nitrogens with one attached hydrogen (secondary N) is 1. The largest absolute Gasteiger partial charge is 0.478 e. The Morgan fingerprint density at radius 3 is 2.62 bits per heavy atom. The second kappa shape index (κ2) is 5.64. The van der Waals surface area contributed by atoms with E-state index in [-0.39, 0.29) is 11.6 Å². The molecule has 3 rings (SSSR count). The average Bonchev–Trinajstić information content (AvgIpc) is 2.39. The molecule has 2 aliphatic rings. The van der Waals surface area contributed by atoms with Gasteiger partial charge < -0.3 is 15.3 Å². The molecule has 1 aromatic rings. The molecule has 2 heterocycles. The molecular weight excluding hydrogens is 271 g/mol. The molecule has 2 aliphatic heterocycles. The van der Waals surface area contributed by atoms with Crippen molar-refractivity contribution in [3.8, 4) is 0 Å². The second-order valence-electron chi connectivity index (χ2n) is 6.18. The number of hydrogen-bond acceptors (Lipinski definition) is 3. The lowest BCUT2D eigenvalue weighted by Crippen LogP contribution is -2.52. The molecule has 0 aromatic heterocycles. The van der Waals surface area contributed by atoms with Gasteiger partial charge in [0.2, 0.25) is 0 Å². The van der Waals surface area contributed by atoms with E-state index in [9.17, 15) is 14.3 Å². The molecule has 0 spiro atoms. The quantitative estimate of drug-likeness (QED) is 0.899. The number of benzene rings is 1. The van der Waals surface area contributed by atoms with Crippen LogP contribution in [0.3, 0.4) is 0 Å². The number of carboxylic acid groups (broad SMARTS) is 1. The minimum absolute atomic E-state index is 0.219. The maximum Gasteiger partial charge on any atom is 0.340 e. The molecule has 0 aliphatic carbocycles. The monoisotopic (exact) mass is 292 g/mol. The van der Waals surface area contributed by atoms with E-state index in [4.69, 9.17) is 0 Å². The van der Waals surface area contributed by atoms with Gasteiger partial charge in [-0.25, -0.2) is 9.18 Å². The van der Waals surface area contributed by atoms with Crippen LogP contribution in [0.25, 0.3) is 0 Å². The number of aromatic carboxylic acids is 1. The van der Waals surface area contributed by atoms with Crippen molar-refractivity contribution in [2.45, 2.75) is 50.2 Å². The summed E-state index contributed by atoms with van der Waals surface area (Å²) in [5.74, 6) is -1.90. The van der Waals surface area contributed by atoms with Gasteiger partial charge in [-0.05, 0) is 44.9 Å². The maximum atomic E-state index is 13.7. The van der Waals surface area contributed by atoms with Gasteiger partial charge in [0.05, 0.1) is 5.69 Å². The molecule has 2 saturated heterocycles. The van der Waals surface area contributed by atoms with Gasteiger partial charge >= 0.3 is 5.97 Å². The number of piperidine rings is 2. The van der Waals surface area contributed by atoms with E-state index < -0.39 is 11.8 Å². The lowest BCUT2D eigenvalue weighted by atomic mass is 9.82. The van der Waals surface area contributed by atoms with Crippen LogP contribution in [0.2, 0.25) is 0 Å². The van der Waals surface area contributed by atoms with Crippen LogP contribution in [0.5, 0.6) is 0 Å². The third-order valence-electron chi connectivity index (χ3n) is 4.93. The fourth-order valence-electron chi connectivity index (χ4n) is 3.82. The highest BCUT2D eigenvalue weighted by molar-refractivity contribution is 5.94. The molecule has 2 fully saturated rings. The summed E-state index contributed by atoms with van der Waals surface area (Å²) in [6.45, 7) is 0. The summed E-state index contributed by atoms with van der Waals surface area (Å²) in [4.78, 5) is 13.7. The predicted octanol–water partition coefficient (Wildman–Crippen LogP) is 2.95. The summed E-state index contributed by atoms with van der Waals surface area (Å²) >= 11 is 0. The zero-order chi connectivity index (χ0) is 15.0. The fraction of sp³-hybridized carbons (Fsp3) is 0.562. The van der Waals surface area contributed by atoms with Crippen LogP contribution in [0, 0.1) is 5.82 Å². The van der Waals surface area contributed by atoms with Crippen LogP contribution in [-0.4, -0.2) is 41.1 Å². The van der Waals surface area contributed by atoms with Crippen molar-refractivity contribution in [3.05, 3.63) is 29.6 Å². The third-order valence-corrected chi connectivity index (χ3v) is 4.93. The number of halogens is 1. The summed E-state index contributed by atoms with van der Waals surface area (Å²) in [5.41, 5.74) is 0.150. The van der Waals surface area contributed by atoms with Gasteiger partial charge in [0, 0.05) is 18.1 Å². The van der Waals surface area contributed by atoms with Crippen molar-refractivity contribution < 1.29 is 14.3 Å². The lowest BCUT2D eigenvalue weighted by Gasteiger charge is -2.47. The van der Waals surface area contributed by atoms with E-state index in [1.165, 1.54) is 25.3 Å². The van der Waals surface area contributed by atoms with E-state index in [0.717, 1.165) is 12.8 Å². The first-order chi connectivity index (χ1) is 10.1. The normalized spacial score (nSPS) is 29.1. The molecule has 2 unspecified atom stereocenters. The van der Waals surface area contributed by atoms with Gasteiger partial charge in [0.1, 0.15) is 11.4 Å². The highest BCUT2D eigenvalue weighted by atomic mass is 19.1. The molecule has 5 heteroatoms. The Bertz CT molecular complexity index is 535. The summed E-state index contributed by atoms with van der Waals surface area (Å²) in [5, 5.41) is 12.5. The first-order valence-corrected chi connectivity index (χ1v) is 7.56. The first-order valence-electron chi connectivity index (χ1n) is 7.56. The van der Waals surface area contributed by atoms with Crippen molar-refractivity contribution in [2.75, 3.05) is 12.4 Å². The number of anilines is 1. The van der Waals surface area contributed by atoms with Gasteiger partial charge in [0.15, 0.2) is 0 Å². The summed E-state index contributed by atoms with van der Waals surface area (Å²) in [6.07, 6.45) is 5.64. The van der Waals surface area contributed by atoms with Crippen molar-refractivity contribution in [2.24, 2.45) is 0 Å². The molecule has 114 valence electrons. The van der Waals surface area contributed by atoms with Crippen LogP contribution in [0.15, 0.2) is 18.2 Å². The molecule has 21 heavy (non-hydrogen) atoms. The number of carbonyl (C=O) groups is 1.